The van der Waals surface area contributed by atoms with Crippen LogP contribution in [-0.4, -0.2) is 14.7 Å². The number of aromatic amines is 1. The largest absolute Gasteiger partial charge is 0.506 e. The number of imidazole rings is 1. The first-order valence-electron chi connectivity index (χ1n) is 5.89. The number of aromatic nitrogens is 2. The molecular formula is C14H10BrClN2O2. The number of aromatic hydroxyl groups is 1. The molecule has 0 aliphatic rings. The Morgan fingerprint density at radius 2 is 2.05 bits per heavy atom. The Kier molecular flexibility index (Phi) is 3.31. The molecule has 0 saturated heterocycles. The molecule has 0 radical (unpaired) electrons. The van der Waals surface area contributed by atoms with Crippen molar-refractivity contribution in [1.29, 1.82) is 0 Å². The lowest BCUT2D eigenvalue weighted by Gasteiger charge is -2.09. The number of phenols is 1. The summed E-state index contributed by atoms with van der Waals surface area (Å²) < 4.78 is 1.41. The topological polar surface area (TPSA) is 58.0 Å². The summed E-state index contributed by atoms with van der Waals surface area (Å²) in [5, 5.41) is 11.2. The quantitative estimate of drug-likeness (QED) is 0.692. The molecule has 2 aromatic carbocycles. The van der Waals surface area contributed by atoms with E-state index in [1.165, 1.54) is 4.57 Å². The number of benzene rings is 2. The van der Waals surface area contributed by atoms with Crippen molar-refractivity contribution >= 4 is 38.6 Å². The van der Waals surface area contributed by atoms with Gasteiger partial charge in [-0.1, -0.05) is 39.7 Å². The zero-order valence-corrected chi connectivity index (χ0v) is 12.6. The molecule has 0 amide bonds. The third-order valence-electron chi connectivity index (χ3n) is 3.12. The number of hydrogen-bond donors (Lipinski definition) is 2. The Hall–Kier alpha value is -1.72. The zero-order chi connectivity index (χ0) is 14.3. The Morgan fingerprint density at radius 1 is 1.30 bits per heavy atom. The van der Waals surface area contributed by atoms with Crippen molar-refractivity contribution < 1.29 is 5.11 Å². The molecule has 0 aliphatic heterocycles. The van der Waals surface area contributed by atoms with Gasteiger partial charge >= 0.3 is 5.69 Å². The maximum absolute atomic E-state index is 12.1. The van der Waals surface area contributed by atoms with Crippen molar-refractivity contribution in [3.63, 3.8) is 0 Å². The second kappa shape index (κ2) is 5.00. The number of fused-ring (bicyclic) bond motifs is 1. The van der Waals surface area contributed by atoms with Crippen LogP contribution in [0.4, 0.5) is 0 Å². The van der Waals surface area contributed by atoms with Gasteiger partial charge in [0, 0.05) is 10.4 Å². The maximum Gasteiger partial charge on any atom is 0.331 e. The Morgan fingerprint density at radius 3 is 2.80 bits per heavy atom. The van der Waals surface area contributed by atoms with Crippen LogP contribution in [0.15, 0.2) is 41.2 Å². The lowest BCUT2D eigenvalue weighted by molar-refractivity contribution is 0.472. The second-order valence-electron chi connectivity index (χ2n) is 4.35. The number of hydrogen-bond acceptors (Lipinski definition) is 2. The van der Waals surface area contributed by atoms with E-state index in [0.29, 0.717) is 27.1 Å². The zero-order valence-electron chi connectivity index (χ0n) is 10.2. The van der Waals surface area contributed by atoms with Gasteiger partial charge in [-0.25, -0.2) is 4.79 Å². The van der Waals surface area contributed by atoms with Gasteiger partial charge in [-0.3, -0.25) is 4.57 Å². The van der Waals surface area contributed by atoms with E-state index in [1.807, 2.05) is 12.1 Å². The highest BCUT2D eigenvalue weighted by molar-refractivity contribution is 9.08. The van der Waals surface area contributed by atoms with E-state index in [-0.39, 0.29) is 11.4 Å². The van der Waals surface area contributed by atoms with Crippen LogP contribution in [-0.2, 0) is 5.33 Å². The van der Waals surface area contributed by atoms with Gasteiger partial charge in [-0.15, -0.1) is 0 Å². The van der Waals surface area contributed by atoms with Gasteiger partial charge in [0.2, 0.25) is 0 Å². The summed E-state index contributed by atoms with van der Waals surface area (Å²) in [5.74, 6) is 0.00991. The summed E-state index contributed by atoms with van der Waals surface area (Å²) >= 11 is 9.46. The number of rotatable bonds is 2. The van der Waals surface area contributed by atoms with Gasteiger partial charge in [0.25, 0.3) is 0 Å². The van der Waals surface area contributed by atoms with Crippen LogP contribution in [0.3, 0.4) is 0 Å². The molecule has 0 bridgehead atoms. The van der Waals surface area contributed by atoms with E-state index in [1.54, 1.807) is 24.3 Å². The van der Waals surface area contributed by atoms with Crippen LogP contribution < -0.4 is 5.69 Å². The van der Waals surface area contributed by atoms with Crippen molar-refractivity contribution in [2.24, 2.45) is 0 Å². The van der Waals surface area contributed by atoms with E-state index >= 15 is 0 Å². The molecular weight excluding hydrogens is 344 g/mol. The van der Waals surface area contributed by atoms with Gasteiger partial charge in [0.1, 0.15) is 5.75 Å². The van der Waals surface area contributed by atoms with Crippen molar-refractivity contribution in [3.8, 4) is 11.4 Å². The van der Waals surface area contributed by atoms with Crippen molar-refractivity contribution in [1.82, 2.24) is 9.55 Å². The average molecular weight is 354 g/mol. The summed E-state index contributed by atoms with van der Waals surface area (Å²) in [6, 6.07) is 10.4. The predicted molar refractivity (Wildman–Crippen MR) is 83.2 cm³/mol. The molecule has 6 heteroatoms. The first-order valence-corrected chi connectivity index (χ1v) is 7.39. The predicted octanol–water partition coefficient (Wildman–Crippen LogP) is 3.57. The fourth-order valence-electron chi connectivity index (χ4n) is 2.17. The normalized spacial score (nSPS) is 11.1. The fraction of sp³-hybridized carbons (Fsp3) is 0.0714. The second-order valence-corrected chi connectivity index (χ2v) is 5.32. The molecule has 0 unspecified atom stereocenters. The van der Waals surface area contributed by atoms with Crippen molar-refractivity contribution in [3.05, 3.63) is 57.5 Å². The molecule has 0 saturated carbocycles. The van der Waals surface area contributed by atoms with Crippen LogP contribution in [0.5, 0.6) is 5.75 Å². The molecule has 1 heterocycles. The summed E-state index contributed by atoms with van der Waals surface area (Å²) in [6.45, 7) is 0. The third-order valence-corrected chi connectivity index (χ3v) is 4.07. The van der Waals surface area contributed by atoms with Gasteiger partial charge in [-0.05, 0) is 29.8 Å². The monoisotopic (exact) mass is 352 g/mol. The minimum atomic E-state index is -0.316. The van der Waals surface area contributed by atoms with Gasteiger partial charge in [0.05, 0.1) is 16.7 Å². The molecule has 3 aromatic rings. The molecule has 0 spiro atoms. The van der Waals surface area contributed by atoms with Crippen LogP contribution in [0, 0.1) is 0 Å². The minimum absolute atomic E-state index is 0.00991. The molecule has 4 nitrogen and oxygen atoms in total. The molecule has 3 rings (SSSR count). The molecule has 2 N–H and O–H groups in total. The highest BCUT2D eigenvalue weighted by Crippen LogP contribution is 2.31. The minimum Gasteiger partial charge on any atom is -0.506 e. The van der Waals surface area contributed by atoms with Crippen LogP contribution in [0.25, 0.3) is 16.7 Å². The fourth-order valence-corrected chi connectivity index (χ4v) is 3.02. The van der Waals surface area contributed by atoms with Crippen LogP contribution >= 0.6 is 27.5 Å². The lowest BCUT2D eigenvalue weighted by atomic mass is 10.2. The van der Waals surface area contributed by atoms with Crippen LogP contribution in [0.1, 0.15) is 5.56 Å². The van der Waals surface area contributed by atoms with Gasteiger partial charge in [0.15, 0.2) is 0 Å². The summed E-state index contributed by atoms with van der Waals surface area (Å²) in [4.78, 5) is 14.8. The van der Waals surface area contributed by atoms with Gasteiger partial charge in [-0.2, -0.15) is 0 Å². The first-order chi connectivity index (χ1) is 9.61. The standard InChI is InChI=1S/C14H10BrClN2O2/c15-7-8-5-13(19)12(6-9(8)16)18-11-4-2-1-3-10(11)17-14(18)20/h1-6,19H,7H2,(H,17,20). The maximum atomic E-state index is 12.1. The number of H-pyrrole nitrogens is 1. The highest BCUT2D eigenvalue weighted by Gasteiger charge is 2.14. The number of halogens is 2. The smallest absolute Gasteiger partial charge is 0.331 e. The average Bonchev–Trinajstić information content (AvgIpc) is 2.77. The molecule has 0 aliphatic carbocycles. The molecule has 1 aromatic heterocycles. The van der Waals surface area contributed by atoms with Crippen LogP contribution in [0.2, 0.25) is 5.02 Å². The van der Waals surface area contributed by atoms with Crippen molar-refractivity contribution in [2.75, 3.05) is 0 Å². The number of nitrogens with zero attached hydrogens (tertiary/aromatic N) is 1. The highest BCUT2D eigenvalue weighted by atomic mass is 79.9. The number of phenolic OH excluding ortho intramolecular Hbond substituents is 1. The van der Waals surface area contributed by atoms with E-state index in [4.69, 9.17) is 11.6 Å². The number of alkyl halides is 1. The third kappa shape index (κ3) is 2.03. The summed E-state index contributed by atoms with van der Waals surface area (Å²) in [5.41, 5.74) is 2.21. The Balaban J connectivity index is 2.34. The number of nitrogens with one attached hydrogen (secondary N) is 1. The molecule has 102 valence electrons. The number of para-hydroxylation sites is 2. The van der Waals surface area contributed by atoms with E-state index in [2.05, 4.69) is 20.9 Å². The Labute approximate surface area is 127 Å². The van der Waals surface area contributed by atoms with Gasteiger partial charge < -0.3 is 10.1 Å². The SMILES string of the molecule is O=c1[nH]c2ccccc2n1-c1cc(Cl)c(CBr)cc1O. The van der Waals surface area contributed by atoms with E-state index in [0.717, 1.165) is 5.56 Å². The van der Waals surface area contributed by atoms with E-state index < -0.39 is 0 Å². The van der Waals surface area contributed by atoms with E-state index in [9.17, 15) is 9.90 Å². The summed E-state index contributed by atoms with van der Waals surface area (Å²) in [7, 11) is 0. The molecule has 0 fully saturated rings. The first kappa shape index (κ1) is 13.3. The summed E-state index contributed by atoms with van der Waals surface area (Å²) in [6.07, 6.45) is 0. The lowest BCUT2D eigenvalue weighted by Crippen LogP contribution is -2.14. The van der Waals surface area contributed by atoms with Crippen molar-refractivity contribution in [2.45, 2.75) is 5.33 Å². The Bertz CT molecular complexity index is 854. The molecule has 0 atom stereocenters. The molecule has 20 heavy (non-hydrogen) atoms.